The maximum Gasteiger partial charge on any atom is 0.224 e. The van der Waals surface area contributed by atoms with Gasteiger partial charge in [0.15, 0.2) is 0 Å². The van der Waals surface area contributed by atoms with Gasteiger partial charge in [-0.25, -0.2) is 0 Å². The predicted octanol–water partition coefficient (Wildman–Crippen LogP) is 3.08. The largest absolute Gasteiger partial charge is 0.490 e. The Morgan fingerprint density at radius 1 is 1.05 bits per heavy atom. The van der Waals surface area contributed by atoms with Gasteiger partial charge in [-0.15, -0.1) is 0 Å². The van der Waals surface area contributed by atoms with Gasteiger partial charge in [0.25, 0.3) is 0 Å². The van der Waals surface area contributed by atoms with Crippen LogP contribution in [0.5, 0.6) is 5.75 Å². The Morgan fingerprint density at radius 3 is 2.50 bits per heavy atom. The highest BCUT2D eigenvalue weighted by atomic mass is 35.5. The summed E-state index contributed by atoms with van der Waals surface area (Å²) in [7, 11) is 0. The van der Waals surface area contributed by atoms with Crippen molar-refractivity contribution in [1.29, 1.82) is 0 Å². The van der Waals surface area contributed by atoms with Crippen molar-refractivity contribution in [3.8, 4) is 5.75 Å². The minimum atomic E-state index is -0.0149. The molecule has 0 aliphatic heterocycles. The number of para-hydroxylation sites is 1. The van der Waals surface area contributed by atoms with Gasteiger partial charge in [-0.1, -0.05) is 54.1 Å². The number of carbonyl (C=O) groups excluding carboxylic acids is 1. The van der Waals surface area contributed by atoms with Crippen molar-refractivity contribution in [3.63, 3.8) is 0 Å². The Hall–Kier alpha value is -2.00. The van der Waals surface area contributed by atoms with Crippen molar-refractivity contribution < 1.29 is 9.53 Å². The maximum atomic E-state index is 11.7. The third kappa shape index (κ3) is 4.59. The van der Waals surface area contributed by atoms with Gasteiger partial charge >= 0.3 is 0 Å². The van der Waals surface area contributed by atoms with Crippen molar-refractivity contribution in [2.24, 2.45) is 0 Å². The molecule has 0 aliphatic carbocycles. The number of ether oxygens (including phenoxy) is 1. The summed E-state index contributed by atoms with van der Waals surface area (Å²) in [4.78, 5) is 11.7. The molecule has 1 N–H and O–H groups in total. The number of nitrogens with one attached hydrogen (secondary N) is 1. The van der Waals surface area contributed by atoms with Gasteiger partial charge in [0.05, 0.1) is 18.0 Å². The van der Waals surface area contributed by atoms with Crippen LogP contribution in [0.3, 0.4) is 0 Å². The first-order valence-electron chi connectivity index (χ1n) is 6.43. The fourth-order valence-corrected chi connectivity index (χ4v) is 1.95. The summed E-state index contributed by atoms with van der Waals surface area (Å²) in [6, 6.07) is 16.9. The molecule has 1 amide bonds. The SMILES string of the molecule is O=C(Cc1ccccc1)NCCOc1ccccc1Cl. The molecule has 0 heterocycles. The predicted molar refractivity (Wildman–Crippen MR) is 80.1 cm³/mol. The second-order valence-corrected chi connectivity index (χ2v) is 4.70. The van der Waals surface area contributed by atoms with Crippen LogP contribution in [0.2, 0.25) is 5.02 Å². The van der Waals surface area contributed by atoms with E-state index in [0.717, 1.165) is 5.56 Å². The lowest BCUT2D eigenvalue weighted by Crippen LogP contribution is -2.29. The second kappa shape index (κ2) is 7.56. The molecule has 104 valence electrons. The zero-order valence-electron chi connectivity index (χ0n) is 11.0. The van der Waals surface area contributed by atoms with Crippen LogP contribution in [0.15, 0.2) is 54.6 Å². The van der Waals surface area contributed by atoms with Crippen molar-refractivity contribution >= 4 is 17.5 Å². The average Bonchev–Trinajstić information content (AvgIpc) is 2.46. The number of carbonyl (C=O) groups is 1. The van der Waals surface area contributed by atoms with Crippen molar-refractivity contribution in [2.45, 2.75) is 6.42 Å². The van der Waals surface area contributed by atoms with Crippen LogP contribution in [-0.2, 0) is 11.2 Å². The van der Waals surface area contributed by atoms with Gasteiger partial charge in [-0.2, -0.15) is 0 Å². The zero-order chi connectivity index (χ0) is 14.2. The monoisotopic (exact) mass is 289 g/mol. The fourth-order valence-electron chi connectivity index (χ4n) is 1.76. The topological polar surface area (TPSA) is 38.3 Å². The van der Waals surface area contributed by atoms with Crippen LogP contribution in [0.25, 0.3) is 0 Å². The lowest BCUT2D eigenvalue weighted by Gasteiger charge is -2.09. The van der Waals surface area contributed by atoms with E-state index in [0.29, 0.717) is 30.3 Å². The molecule has 0 radical (unpaired) electrons. The fraction of sp³-hybridized carbons (Fsp3) is 0.188. The van der Waals surface area contributed by atoms with E-state index in [9.17, 15) is 4.79 Å². The van der Waals surface area contributed by atoms with Gasteiger partial charge in [0, 0.05) is 0 Å². The normalized spacial score (nSPS) is 10.1. The van der Waals surface area contributed by atoms with Gasteiger partial charge < -0.3 is 10.1 Å². The summed E-state index contributed by atoms with van der Waals surface area (Å²) < 4.78 is 5.49. The maximum absolute atomic E-state index is 11.7. The smallest absolute Gasteiger partial charge is 0.224 e. The molecule has 2 aromatic carbocycles. The molecule has 0 atom stereocenters. The number of halogens is 1. The summed E-state index contributed by atoms with van der Waals surface area (Å²) in [5, 5.41) is 3.39. The Kier molecular flexibility index (Phi) is 5.44. The molecule has 0 aromatic heterocycles. The molecule has 0 fully saturated rings. The molecule has 0 saturated carbocycles. The number of rotatable bonds is 6. The first kappa shape index (κ1) is 14.4. The first-order valence-corrected chi connectivity index (χ1v) is 6.81. The van der Waals surface area contributed by atoms with E-state index in [-0.39, 0.29) is 5.91 Å². The summed E-state index contributed by atoms with van der Waals surface area (Å²) in [6.07, 6.45) is 0.382. The molecule has 0 spiro atoms. The third-order valence-corrected chi connectivity index (χ3v) is 3.04. The van der Waals surface area contributed by atoms with Crippen LogP contribution < -0.4 is 10.1 Å². The highest BCUT2D eigenvalue weighted by Gasteiger charge is 2.03. The highest BCUT2D eigenvalue weighted by molar-refractivity contribution is 6.32. The molecule has 0 aliphatic rings. The van der Waals surface area contributed by atoms with Gasteiger partial charge in [0.1, 0.15) is 12.4 Å². The molecule has 0 unspecified atom stereocenters. The van der Waals surface area contributed by atoms with E-state index < -0.39 is 0 Å². The van der Waals surface area contributed by atoms with Gasteiger partial charge in [0.2, 0.25) is 5.91 Å². The number of amides is 1. The quantitative estimate of drug-likeness (QED) is 0.830. The van der Waals surface area contributed by atoms with Gasteiger partial charge in [-0.05, 0) is 17.7 Å². The standard InChI is InChI=1S/C16H16ClNO2/c17-14-8-4-5-9-15(14)20-11-10-18-16(19)12-13-6-2-1-3-7-13/h1-9H,10-12H2,(H,18,19). The first-order chi connectivity index (χ1) is 9.75. The highest BCUT2D eigenvalue weighted by Crippen LogP contribution is 2.22. The van der Waals surface area contributed by atoms with Gasteiger partial charge in [-0.3, -0.25) is 4.79 Å². The number of hydrogen-bond acceptors (Lipinski definition) is 2. The van der Waals surface area contributed by atoms with Crippen molar-refractivity contribution in [2.75, 3.05) is 13.2 Å². The lowest BCUT2D eigenvalue weighted by molar-refractivity contribution is -0.120. The molecular formula is C16H16ClNO2. The molecule has 3 nitrogen and oxygen atoms in total. The van der Waals surface area contributed by atoms with E-state index in [1.165, 1.54) is 0 Å². The molecular weight excluding hydrogens is 274 g/mol. The molecule has 20 heavy (non-hydrogen) atoms. The van der Waals surface area contributed by atoms with Crippen molar-refractivity contribution in [3.05, 3.63) is 65.2 Å². The van der Waals surface area contributed by atoms with Crippen LogP contribution in [0, 0.1) is 0 Å². The van der Waals surface area contributed by atoms with E-state index >= 15 is 0 Å². The molecule has 0 saturated heterocycles. The van der Waals surface area contributed by atoms with E-state index in [1.54, 1.807) is 12.1 Å². The average molecular weight is 290 g/mol. The minimum Gasteiger partial charge on any atom is -0.490 e. The summed E-state index contributed by atoms with van der Waals surface area (Å²) in [5.74, 6) is 0.616. The Labute approximate surface area is 123 Å². The Morgan fingerprint density at radius 2 is 1.75 bits per heavy atom. The number of benzene rings is 2. The van der Waals surface area contributed by atoms with Crippen LogP contribution >= 0.6 is 11.6 Å². The Balaban J connectivity index is 1.69. The molecule has 2 aromatic rings. The lowest BCUT2D eigenvalue weighted by atomic mass is 10.1. The molecule has 0 bridgehead atoms. The summed E-state index contributed by atoms with van der Waals surface area (Å²) in [5.41, 5.74) is 0.997. The van der Waals surface area contributed by atoms with E-state index in [1.807, 2.05) is 42.5 Å². The van der Waals surface area contributed by atoms with Crippen LogP contribution in [0.4, 0.5) is 0 Å². The van der Waals surface area contributed by atoms with E-state index in [4.69, 9.17) is 16.3 Å². The number of hydrogen-bond donors (Lipinski definition) is 1. The summed E-state index contributed by atoms with van der Waals surface area (Å²) in [6.45, 7) is 0.848. The second-order valence-electron chi connectivity index (χ2n) is 4.29. The van der Waals surface area contributed by atoms with E-state index in [2.05, 4.69) is 5.32 Å². The summed E-state index contributed by atoms with van der Waals surface area (Å²) >= 11 is 5.96. The van der Waals surface area contributed by atoms with Crippen molar-refractivity contribution in [1.82, 2.24) is 5.32 Å². The molecule has 4 heteroatoms. The van der Waals surface area contributed by atoms with Crippen LogP contribution in [0.1, 0.15) is 5.56 Å². The zero-order valence-corrected chi connectivity index (χ0v) is 11.8. The molecule has 2 rings (SSSR count). The third-order valence-electron chi connectivity index (χ3n) is 2.73. The van der Waals surface area contributed by atoms with Crippen LogP contribution in [-0.4, -0.2) is 19.1 Å². The Bertz CT molecular complexity index is 557. The minimum absolute atomic E-state index is 0.0149.